The third-order valence-electron chi connectivity index (χ3n) is 2.44. The standard InChI is InChI=1S/C11H11Cl3N2S/c1-2-6-5-17-11(15-6)16-10-4-8(13)7(12)3-9(10)14/h3-4,6H,2,5H2,1H3,(H,15,16). The van der Waals surface area contributed by atoms with Crippen molar-refractivity contribution in [3.63, 3.8) is 0 Å². The quantitative estimate of drug-likeness (QED) is 0.782. The molecule has 1 heterocycles. The molecule has 0 aromatic heterocycles. The molecule has 1 unspecified atom stereocenters. The van der Waals surface area contributed by atoms with Gasteiger partial charge in [-0.25, -0.2) is 0 Å². The SMILES string of the molecule is CCC1CSC(Nc2cc(Cl)c(Cl)cc2Cl)=N1. The molecule has 2 rings (SSSR count). The molecule has 0 bridgehead atoms. The van der Waals surface area contributed by atoms with Gasteiger partial charge in [-0.05, 0) is 18.6 Å². The van der Waals surface area contributed by atoms with Crippen LogP contribution in [0.25, 0.3) is 0 Å². The summed E-state index contributed by atoms with van der Waals surface area (Å²) in [5.74, 6) is 1.01. The molecule has 1 aliphatic rings. The molecule has 0 saturated heterocycles. The number of thioether (sulfide) groups is 1. The van der Waals surface area contributed by atoms with E-state index >= 15 is 0 Å². The Morgan fingerprint density at radius 1 is 1.29 bits per heavy atom. The highest BCUT2D eigenvalue weighted by Crippen LogP contribution is 2.33. The minimum absolute atomic E-state index is 0.393. The molecule has 1 N–H and O–H groups in total. The Labute approximate surface area is 120 Å². The number of nitrogens with zero attached hydrogens (tertiary/aromatic N) is 1. The summed E-state index contributed by atoms with van der Waals surface area (Å²) in [6.45, 7) is 2.13. The molecule has 0 fully saturated rings. The van der Waals surface area contributed by atoms with Gasteiger partial charge < -0.3 is 5.32 Å². The van der Waals surface area contributed by atoms with Crippen molar-refractivity contribution in [1.29, 1.82) is 0 Å². The van der Waals surface area contributed by atoms with Crippen molar-refractivity contribution in [1.82, 2.24) is 0 Å². The van der Waals surface area contributed by atoms with Crippen LogP contribution < -0.4 is 5.32 Å². The molecule has 2 nitrogen and oxygen atoms in total. The number of nitrogens with one attached hydrogen (secondary N) is 1. The Morgan fingerprint density at radius 2 is 2.00 bits per heavy atom. The number of amidine groups is 1. The van der Waals surface area contributed by atoms with Crippen LogP contribution in [-0.2, 0) is 0 Å². The fourth-order valence-corrected chi connectivity index (χ4v) is 3.09. The van der Waals surface area contributed by atoms with E-state index < -0.39 is 0 Å². The van der Waals surface area contributed by atoms with Crippen LogP contribution in [0.5, 0.6) is 0 Å². The molecule has 1 aliphatic heterocycles. The summed E-state index contributed by atoms with van der Waals surface area (Å²) in [6.07, 6.45) is 1.05. The van der Waals surface area contributed by atoms with E-state index in [1.165, 1.54) is 0 Å². The molecule has 0 saturated carbocycles. The lowest BCUT2D eigenvalue weighted by atomic mass is 10.3. The molecule has 0 aliphatic carbocycles. The van der Waals surface area contributed by atoms with Gasteiger partial charge in [0, 0.05) is 5.75 Å². The summed E-state index contributed by atoms with van der Waals surface area (Å²) in [5.41, 5.74) is 0.740. The maximum absolute atomic E-state index is 6.08. The van der Waals surface area contributed by atoms with Crippen molar-refractivity contribution < 1.29 is 0 Å². The van der Waals surface area contributed by atoms with Crippen molar-refractivity contribution in [2.45, 2.75) is 19.4 Å². The average molecular weight is 310 g/mol. The highest BCUT2D eigenvalue weighted by molar-refractivity contribution is 8.14. The van der Waals surface area contributed by atoms with Gasteiger partial charge in [0.1, 0.15) is 0 Å². The smallest absolute Gasteiger partial charge is 0.161 e. The molecule has 0 radical (unpaired) electrons. The Bertz CT molecular complexity index is 462. The fourth-order valence-electron chi connectivity index (χ4n) is 1.43. The first kappa shape index (κ1) is 13.3. The van der Waals surface area contributed by atoms with E-state index in [2.05, 4.69) is 17.2 Å². The van der Waals surface area contributed by atoms with Gasteiger partial charge in [-0.3, -0.25) is 4.99 Å². The number of benzene rings is 1. The maximum Gasteiger partial charge on any atom is 0.161 e. The second kappa shape index (κ2) is 5.70. The van der Waals surface area contributed by atoms with Gasteiger partial charge in [0.25, 0.3) is 0 Å². The molecule has 1 aromatic carbocycles. The summed E-state index contributed by atoms with van der Waals surface area (Å²) in [4.78, 5) is 4.53. The molecule has 0 spiro atoms. The summed E-state index contributed by atoms with van der Waals surface area (Å²) in [5, 5.41) is 5.54. The first-order valence-corrected chi connectivity index (χ1v) is 7.34. The Morgan fingerprint density at radius 3 is 2.65 bits per heavy atom. The second-order valence-corrected chi connectivity index (χ2v) is 5.91. The van der Waals surface area contributed by atoms with E-state index in [-0.39, 0.29) is 0 Å². The first-order valence-electron chi connectivity index (χ1n) is 5.22. The normalized spacial score (nSPS) is 19.3. The first-order chi connectivity index (χ1) is 8.10. The summed E-state index contributed by atoms with van der Waals surface area (Å²) < 4.78 is 0. The van der Waals surface area contributed by atoms with Crippen molar-refractivity contribution >= 4 is 57.4 Å². The topological polar surface area (TPSA) is 24.4 Å². The third-order valence-corrected chi connectivity index (χ3v) is 4.50. The van der Waals surface area contributed by atoms with Gasteiger partial charge in [-0.1, -0.05) is 53.5 Å². The van der Waals surface area contributed by atoms with E-state index in [9.17, 15) is 0 Å². The largest absolute Gasteiger partial charge is 0.334 e. The molecule has 17 heavy (non-hydrogen) atoms. The van der Waals surface area contributed by atoms with E-state index in [4.69, 9.17) is 34.8 Å². The average Bonchev–Trinajstić information content (AvgIpc) is 2.73. The lowest BCUT2D eigenvalue weighted by Crippen LogP contribution is -2.05. The van der Waals surface area contributed by atoms with Gasteiger partial charge in [0.2, 0.25) is 0 Å². The zero-order valence-electron chi connectivity index (χ0n) is 9.14. The van der Waals surface area contributed by atoms with Crippen molar-refractivity contribution in [2.24, 2.45) is 4.99 Å². The van der Waals surface area contributed by atoms with E-state index in [0.29, 0.717) is 21.1 Å². The summed E-state index contributed by atoms with van der Waals surface area (Å²) in [6, 6.07) is 3.74. The van der Waals surface area contributed by atoms with E-state index in [1.54, 1.807) is 23.9 Å². The van der Waals surface area contributed by atoms with E-state index in [1.807, 2.05) is 0 Å². The monoisotopic (exact) mass is 308 g/mol. The van der Waals surface area contributed by atoms with Crippen LogP contribution in [-0.4, -0.2) is 17.0 Å². The Balaban J connectivity index is 2.17. The lowest BCUT2D eigenvalue weighted by Gasteiger charge is -2.08. The second-order valence-electron chi connectivity index (χ2n) is 3.68. The minimum Gasteiger partial charge on any atom is -0.334 e. The third kappa shape index (κ3) is 3.22. The predicted octanol–water partition coefficient (Wildman–Crippen LogP) is 4.94. The molecular weight excluding hydrogens is 299 g/mol. The maximum atomic E-state index is 6.08. The lowest BCUT2D eigenvalue weighted by molar-refractivity contribution is 0.738. The minimum atomic E-state index is 0.393. The van der Waals surface area contributed by atoms with Gasteiger partial charge in [-0.2, -0.15) is 0 Å². The van der Waals surface area contributed by atoms with Crippen LogP contribution >= 0.6 is 46.6 Å². The number of hydrogen-bond donors (Lipinski definition) is 1. The van der Waals surface area contributed by atoms with Crippen LogP contribution in [0, 0.1) is 0 Å². The van der Waals surface area contributed by atoms with Crippen LogP contribution in [0.2, 0.25) is 15.1 Å². The van der Waals surface area contributed by atoms with Gasteiger partial charge in [0.05, 0.1) is 26.8 Å². The number of halogens is 3. The van der Waals surface area contributed by atoms with Crippen LogP contribution in [0.15, 0.2) is 17.1 Å². The van der Waals surface area contributed by atoms with Gasteiger partial charge in [-0.15, -0.1) is 0 Å². The molecule has 0 amide bonds. The highest BCUT2D eigenvalue weighted by atomic mass is 35.5. The Hall–Kier alpha value is -0.0900. The molecule has 1 aromatic rings. The molecule has 92 valence electrons. The number of anilines is 1. The Kier molecular flexibility index (Phi) is 4.47. The van der Waals surface area contributed by atoms with Crippen LogP contribution in [0.3, 0.4) is 0 Å². The number of aliphatic imine (C=N–C) groups is 1. The van der Waals surface area contributed by atoms with Gasteiger partial charge in [0.15, 0.2) is 5.17 Å². The summed E-state index contributed by atoms with van der Waals surface area (Å²) in [7, 11) is 0. The highest BCUT2D eigenvalue weighted by Gasteiger charge is 2.17. The van der Waals surface area contributed by atoms with Crippen LogP contribution in [0.4, 0.5) is 5.69 Å². The number of hydrogen-bond acceptors (Lipinski definition) is 3. The van der Waals surface area contributed by atoms with Gasteiger partial charge >= 0.3 is 0 Å². The van der Waals surface area contributed by atoms with Crippen LogP contribution in [0.1, 0.15) is 13.3 Å². The fraction of sp³-hybridized carbons (Fsp3) is 0.364. The molecule has 1 atom stereocenters. The molecule has 6 heteroatoms. The van der Waals surface area contributed by atoms with E-state index in [0.717, 1.165) is 23.0 Å². The van der Waals surface area contributed by atoms with Crippen molar-refractivity contribution in [3.8, 4) is 0 Å². The molecular formula is C11H11Cl3N2S. The van der Waals surface area contributed by atoms with Crippen molar-refractivity contribution in [3.05, 3.63) is 27.2 Å². The summed E-state index contributed by atoms with van der Waals surface area (Å²) >= 11 is 19.6. The number of rotatable bonds is 2. The zero-order valence-corrected chi connectivity index (χ0v) is 12.2. The van der Waals surface area contributed by atoms with Crippen molar-refractivity contribution in [2.75, 3.05) is 11.1 Å². The predicted molar refractivity (Wildman–Crippen MR) is 79.1 cm³/mol. The zero-order chi connectivity index (χ0) is 12.4.